The summed E-state index contributed by atoms with van der Waals surface area (Å²) in [5, 5.41) is 18.2. The lowest BCUT2D eigenvalue weighted by Crippen LogP contribution is -2.34. The first-order chi connectivity index (χ1) is 10.4. The number of ether oxygens (including phenoxy) is 2. The highest BCUT2D eigenvalue weighted by Gasteiger charge is 2.30. The summed E-state index contributed by atoms with van der Waals surface area (Å²) in [5.41, 5.74) is 8.05. The largest absolute Gasteiger partial charge is 0.394 e. The van der Waals surface area contributed by atoms with Gasteiger partial charge in [0, 0.05) is 18.5 Å². The molecule has 0 amide bonds. The quantitative estimate of drug-likeness (QED) is 0.630. The zero-order valence-corrected chi connectivity index (χ0v) is 13.7. The third kappa shape index (κ3) is 3.31. The number of nitrogen functional groups attached to an aromatic ring is 1. The smallest absolute Gasteiger partial charge is 0.122 e. The van der Waals surface area contributed by atoms with Crippen LogP contribution in [0.25, 0.3) is 0 Å². The van der Waals surface area contributed by atoms with Gasteiger partial charge >= 0.3 is 0 Å². The van der Waals surface area contributed by atoms with E-state index in [-0.39, 0.29) is 18.8 Å². The Morgan fingerprint density at radius 2 is 2.18 bits per heavy atom. The molecule has 1 aliphatic rings. The lowest BCUT2D eigenvalue weighted by atomic mass is 9.89. The predicted octanol–water partition coefficient (Wildman–Crippen LogP) is 1.53. The van der Waals surface area contributed by atoms with Crippen molar-refractivity contribution < 1.29 is 14.6 Å². The molecular weight excluding hydrogens is 302 g/mol. The van der Waals surface area contributed by atoms with Gasteiger partial charge in [0.2, 0.25) is 0 Å². The van der Waals surface area contributed by atoms with Gasteiger partial charge in [0.05, 0.1) is 37.6 Å². The normalized spacial score (nSPS) is 16.1. The lowest BCUT2D eigenvalue weighted by molar-refractivity contribution is -0.0407. The molecule has 120 valence electrons. The van der Waals surface area contributed by atoms with E-state index in [1.807, 2.05) is 13.8 Å². The molecule has 7 heteroatoms. The Bertz CT molecular complexity index is 661. The van der Waals surface area contributed by atoms with Gasteiger partial charge in [-0.15, -0.1) is 0 Å². The maximum Gasteiger partial charge on any atom is 0.122 e. The van der Waals surface area contributed by atoms with E-state index < -0.39 is 0 Å². The number of nitrogens with two attached hydrogens (primary N) is 1. The van der Waals surface area contributed by atoms with Gasteiger partial charge in [-0.05, 0) is 19.4 Å². The monoisotopic (exact) mass is 323 g/mol. The van der Waals surface area contributed by atoms with Crippen LogP contribution in [0.2, 0.25) is 0 Å². The maximum atomic E-state index is 9.49. The van der Waals surface area contributed by atoms with Gasteiger partial charge < -0.3 is 24.9 Å². The third-order valence-corrected chi connectivity index (χ3v) is 4.20. The molecule has 0 aliphatic carbocycles. The van der Waals surface area contributed by atoms with E-state index in [9.17, 15) is 5.26 Å². The SMILES string of the molecule is CC1(C)Cc2c(C#N)c(N)n(CCOCCO)c(=S)c2CO1. The molecule has 6 nitrogen and oxygen atoms in total. The second kappa shape index (κ2) is 6.75. The fourth-order valence-corrected chi connectivity index (χ4v) is 2.97. The molecule has 1 aliphatic heterocycles. The van der Waals surface area contributed by atoms with Crippen LogP contribution in [0.15, 0.2) is 0 Å². The van der Waals surface area contributed by atoms with Crippen LogP contribution in [0.1, 0.15) is 30.5 Å². The fourth-order valence-electron chi connectivity index (χ4n) is 2.60. The number of pyridine rings is 1. The molecule has 1 aromatic rings. The summed E-state index contributed by atoms with van der Waals surface area (Å²) in [6, 6.07) is 2.20. The Kier molecular flexibility index (Phi) is 5.19. The molecule has 0 atom stereocenters. The summed E-state index contributed by atoms with van der Waals surface area (Å²) >= 11 is 5.52. The van der Waals surface area contributed by atoms with Crippen molar-refractivity contribution in [2.45, 2.75) is 39.0 Å². The van der Waals surface area contributed by atoms with Crippen molar-refractivity contribution in [1.29, 1.82) is 5.26 Å². The summed E-state index contributed by atoms with van der Waals surface area (Å²) in [6.07, 6.45) is 0.612. The predicted molar refractivity (Wildman–Crippen MR) is 84.9 cm³/mol. The van der Waals surface area contributed by atoms with Crippen LogP contribution in [0.4, 0.5) is 5.82 Å². The minimum atomic E-state index is -0.330. The highest BCUT2D eigenvalue weighted by molar-refractivity contribution is 7.71. The molecular formula is C15H21N3O3S. The minimum absolute atomic E-state index is 0.0303. The number of hydrogen-bond acceptors (Lipinski definition) is 6. The van der Waals surface area contributed by atoms with Gasteiger partial charge in [0.1, 0.15) is 16.5 Å². The second-order valence-corrected chi connectivity index (χ2v) is 6.23. The standard InChI is InChI=1S/C15H21N3O3S/c1-15(2)7-10-11(8-16)13(17)18(3-5-20-6-4-19)14(22)12(10)9-21-15/h19H,3-7,9,17H2,1-2H3. The van der Waals surface area contributed by atoms with E-state index in [0.717, 1.165) is 11.1 Å². The van der Waals surface area contributed by atoms with Gasteiger partial charge in [0.15, 0.2) is 0 Å². The molecule has 0 bridgehead atoms. The van der Waals surface area contributed by atoms with Crippen molar-refractivity contribution in [2.24, 2.45) is 0 Å². The van der Waals surface area contributed by atoms with Crippen molar-refractivity contribution in [2.75, 3.05) is 25.6 Å². The number of nitrogens with zero attached hydrogens (tertiary/aromatic N) is 2. The van der Waals surface area contributed by atoms with Crippen molar-refractivity contribution in [3.8, 4) is 6.07 Å². The van der Waals surface area contributed by atoms with E-state index in [4.69, 9.17) is 32.5 Å². The number of rotatable bonds is 5. The number of aliphatic hydroxyl groups excluding tert-OH is 1. The number of hydrogen-bond donors (Lipinski definition) is 2. The van der Waals surface area contributed by atoms with Gasteiger partial charge in [-0.3, -0.25) is 0 Å². The van der Waals surface area contributed by atoms with Crippen molar-refractivity contribution in [3.05, 3.63) is 21.3 Å². The van der Waals surface area contributed by atoms with Crippen LogP contribution in [-0.2, 0) is 29.0 Å². The van der Waals surface area contributed by atoms with Crippen LogP contribution in [0, 0.1) is 16.0 Å². The highest BCUT2D eigenvalue weighted by Crippen LogP contribution is 2.33. The Labute approximate surface area is 135 Å². The Hall–Kier alpha value is -1.46. The maximum absolute atomic E-state index is 9.49. The fraction of sp³-hybridized carbons (Fsp3) is 0.600. The number of fused-ring (bicyclic) bond motifs is 1. The molecule has 0 aromatic carbocycles. The van der Waals surface area contributed by atoms with Gasteiger partial charge in [0.25, 0.3) is 0 Å². The molecule has 2 heterocycles. The van der Waals surface area contributed by atoms with E-state index in [1.165, 1.54) is 0 Å². The van der Waals surface area contributed by atoms with E-state index in [2.05, 4.69) is 6.07 Å². The molecule has 22 heavy (non-hydrogen) atoms. The van der Waals surface area contributed by atoms with Crippen LogP contribution < -0.4 is 5.73 Å². The Morgan fingerprint density at radius 3 is 2.82 bits per heavy atom. The van der Waals surface area contributed by atoms with Gasteiger partial charge in [-0.2, -0.15) is 5.26 Å². The molecule has 1 aromatic heterocycles. The van der Waals surface area contributed by atoms with Crippen LogP contribution in [0.3, 0.4) is 0 Å². The van der Waals surface area contributed by atoms with E-state index in [0.29, 0.717) is 42.2 Å². The van der Waals surface area contributed by atoms with E-state index in [1.54, 1.807) is 4.57 Å². The topological polar surface area (TPSA) is 93.4 Å². The van der Waals surface area contributed by atoms with Gasteiger partial charge in [-0.25, -0.2) is 0 Å². The number of nitriles is 1. The van der Waals surface area contributed by atoms with Crippen LogP contribution in [-0.4, -0.2) is 35.1 Å². The minimum Gasteiger partial charge on any atom is -0.394 e. The number of aromatic nitrogens is 1. The summed E-state index contributed by atoms with van der Waals surface area (Å²) in [4.78, 5) is 0. The van der Waals surface area contributed by atoms with Crippen molar-refractivity contribution in [3.63, 3.8) is 0 Å². The average Bonchev–Trinajstić information content (AvgIpc) is 2.46. The summed E-state index contributed by atoms with van der Waals surface area (Å²) in [6.45, 7) is 5.40. The highest BCUT2D eigenvalue weighted by atomic mass is 32.1. The molecule has 0 fully saturated rings. The first-order valence-corrected chi connectivity index (χ1v) is 7.59. The molecule has 3 N–H and O–H groups in total. The lowest BCUT2D eigenvalue weighted by Gasteiger charge is -2.33. The zero-order chi connectivity index (χ0) is 16.3. The first kappa shape index (κ1) is 16.9. The number of anilines is 1. The summed E-state index contributed by atoms with van der Waals surface area (Å²) in [5.74, 6) is 0.372. The molecule has 0 saturated heterocycles. The number of aliphatic hydroxyl groups is 1. The van der Waals surface area contributed by atoms with Crippen molar-refractivity contribution >= 4 is 18.0 Å². The Morgan fingerprint density at radius 1 is 1.45 bits per heavy atom. The average molecular weight is 323 g/mol. The van der Waals surface area contributed by atoms with Gasteiger partial charge in [-0.1, -0.05) is 12.2 Å². The summed E-state index contributed by atoms with van der Waals surface area (Å²) in [7, 11) is 0. The first-order valence-electron chi connectivity index (χ1n) is 7.18. The molecule has 0 unspecified atom stereocenters. The summed E-state index contributed by atoms with van der Waals surface area (Å²) < 4.78 is 13.4. The van der Waals surface area contributed by atoms with E-state index >= 15 is 0 Å². The van der Waals surface area contributed by atoms with Crippen LogP contribution >= 0.6 is 12.2 Å². The molecule has 0 radical (unpaired) electrons. The van der Waals surface area contributed by atoms with Crippen LogP contribution in [0.5, 0.6) is 0 Å². The molecule has 2 rings (SSSR count). The Balaban J connectivity index is 2.42. The third-order valence-electron chi connectivity index (χ3n) is 3.73. The molecule has 0 spiro atoms. The second-order valence-electron chi connectivity index (χ2n) is 5.85. The van der Waals surface area contributed by atoms with Crippen molar-refractivity contribution in [1.82, 2.24) is 4.57 Å². The molecule has 0 saturated carbocycles. The zero-order valence-electron chi connectivity index (χ0n) is 12.9.